The molecule has 1 aromatic rings. The van der Waals surface area contributed by atoms with Gasteiger partial charge in [-0.2, -0.15) is 0 Å². The topological polar surface area (TPSA) is 43.4 Å². The lowest BCUT2D eigenvalue weighted by Crippen LogP contribution is -2.06. The second-order valence-electron chi connectivity index (χ2n) is 5.02. The predicted molar refractivity (Wildman–Crippen MR) is 77.7 cm³/mol. The molecule has 2 rings (SSSR count). The van der Waals surface area contributed by atoms with Crippen LogP contribution in [0.15, 0.2) is 36.4 Å². The third kappa shape index (κ3) is 4.34. The van der Waals surface area contributed by atoms with Crippen LogP contribution in [0, 0.1) is 0 Å². The van der Waals surface area contributed by atoms with Crippen molar-refractivity contribution < 1.29 is 14.3 Å². The van der Waals surface area contributed by atoms with Crippen molar-refractivity contribution in [1.29, 1.82) is 0 Å². The van der Waals surface area contributed by atoms with Gasteiger partial charge in [-0.3, -0.25) is 9.59 Å². The molecule has 0 aliphatic carbocycles. The fourth-order valence-electron chi connectivity index (χ4n) is 2.38. The lowest BCUT2D eigenvalue weighted by atomic mass is 9.98. The van der Waals surface area contributed by atoms with E-state index < -0.39 is 0 Å². The van der Waals surface area contributed by atoms with Gasteiger partial charge in [-0.1, -0.05) is 37.1 Å². The number of benzene rings is 1. The number of ether oxygens (including phenoxy) is 1. The van der Waals surface area contributed by atoms with E-state index in [1.165, 1.54) is 6.08 Å². The molecule has 1 aromatic carbocycles. The summed E-state index contributed by atoms with van der Waals surface area (Å²) < 4.78 is 5.05. The first-order valence-corrected chi connectivity index (χ1v) is 7.22. The third-order valence-electron chi connectivity index (χ3n) is 3.47. The molecule has 0 radical (unpaired) electrons. The first kappa shape index (κ1) is 14.5. The molecular weight excluding hydrogens is 252 g/mol. The van der Waals surface area contributed by atoms with Crippen molar-refractivity contribution in [3.8, 4) is 0 Å². The number of carbonyl (C=O) groups is 2. The molecule has 1 aliphatic heterocycles. The summed E-state index contributed by atoms with van der Waals surface area (Å²) in [5.41, 5.74) is 1.86. The van der Waals surface area contributed by atoms with Gasteiger partial charge in [-0.15, -0.1) is 0 Å². The molecule has 0 atom stereocenters. The van der Waals surface area contributed by atoms with Crippen LogP contribution in [0.3, 0.4) is 0 Å². The van der Waals surface area contributed by atoms with Gasteiger partial charge in [0.15, 0.2) is 5.78 Å². The van der Waals surface area contributed by atoms with Gasteiger partial charge < -0.3 is 4.74 Å². The van der Waals surface area contributed by atoms with Crippen LogP contribution in [0.4, 0.5) is 0 Å². The zero-order chi connectivity index (χ0) is 14.2. The Morgan fingerprint density at radius 2 is 1.65 bits per heavy atom. The maximum Gasteiger partial charge on any atom is 0.306 e. The Morgan fingerprint density at radius 3 is 2.50 bits per heavy atom. The second-order valence-corrected chi connectivity index (χ2v) is 5.02. The molecule has 0 amide bonds. The van der Waals surface area contributed by atoms with Gasteiger partial charge in [-0.25, -0.2) is 0 Å². The van der Waals surface area contributed by atoms with E-state index in [1.54, 1.807) is 6.08 Å². The number of rotatable bonds is 0. The molecule has 3 heteroatoms. The summed E-state index contributed by atoms with van der Waals surface area (Å²) in [6.07, 6.45) is 8.53. The van der Waals surface area contributed by atoms with Crippen molar-refractivity contribution in [2.24, 2.45) is 0 Å². The molecule has 3 nitrogen and oxygen atoms in total. The van der Waals surface area contributed by atoms with E-state index in [2.05, 4.69) is 0 Å². The fraction of sp³-hybridized carbons (Fsp3) is 0.412. The van der Waals surface area contributed by atoms with Gasteiger partial charge >= 0.3 is 5.97 Å². The highest BCUT2D eigenvalue weighted by molar-refractivity contribution is 6.05. The van der Waals surface area contributed by atoms with Gasteiger partial charge in [0.2, 0.25) is 0 Å². The second kappa shape index (κ2) is 7.63. The summed E-state index contributed by atoms with van der Waals surface area (Å²) in [7, 11) is 0. The monoisotopic (exact) mass is 272 g/mol. The standard InChI is InChI=1S/C17H20O3/c18-16-11-7-13-20-17(19)12-4-2-1-3-8-14-9-5-6-10-15(14)16/h5-7,9-11H,1-4,8,12-13H2/b11-7-. The number of allylic oxidation sites excluding steroid dienone is 1. The highest BCUT2D eigenvalue weighted by Crippen LogP contribution is 2.15. The molecule has 0 aromatic heterocycles. The van der Waals surface area contributed by atoms with E-state index in [0.29, 0.717) is 6.42 Å². The summed E-state index contributed by atoms with van der Waals surface area (Å²) in [5, 5.41) is 0. The van der Waals surface area contributed by atoms with Crippen molar-refractivity contribution in [1.82, 2.24) is 0 Å². The average molecular weight is 272 g/mol. The van der Waals surface area contributed by atoms with Crippen LogP contribution in [0.5, 0.6) is 0 Å². The van der Waals surface area contributed by atoms with E-state index in [1.807, 2.05) is 24.3 Å². The number of carbonyl (C=O) groups excluding carboxylic acids is 2. The van der Waals surface area contributed by atoms with Crippen molar-refractivity contribution >= 4 is 11.8 Å². The average Bonchev–Trinajstić information content (AvgIpc) is 2.46. The van der Waals surface area contributed by atoms with Crippen LogP contribution >= 0.6 is 0 Å². The van der Waals surface area contributed by atoms with Crippen LogP contribution in [-0.4, -0.2) is 18.4 Å². The SMILES string of the molecule is O=C1CCCCCCc2ccccc2C(=O)/C=C\CO1. The molecule has 0 spiro atoms. The van der Waals surface area contributed by atoms with Gasteiger partial charge in [0.05, 0.1) is 0 Å². The zero-order valence-electron chi connectivity index (χ0n) is 11.6. The number of fused-ring (bicyclic) bond motifs is 1. The smallest absolute Gasteiger partial charge is 0.306 e. The van der Waals surface area contributed by atoms with Crippen LogP contribution < -0.4 is 0 Å². The zero-order valence-corrected chi connectivity index (χ0v) is 11.6. The minimum atomic E-state index is -0.181. The predicted octanol–water partition coefficient (Wildman–Crippen LogP) is 3.48. The van der Waals surface area contributed by atoms with Gasteiger partial charge in [0.1, 0.15) is 6.61 Å². The van der Waals surface area contributed by atoms with Crippen molar-refractivity contribution in [3.05, 3.63) is 47.5 Å². The molecule has 1 heterocycles. The van der Waals surface area contributed by atoms with E-state index in [9.17, 15) is 9.59 Å². The van der Waals surface area contributed by atoms with E-state index >= 15 is 0 Å². The largest absolute Gasteiger partial charge is 0.461 e. The summed E-state index contributed by atoms with van der Waals surface area (Å²) >= 11 is 0. The van der Waals surface area contributed by atoms with Crippen molar-refractivity contribution in [3.63, 3.8) is 0 Å². The Balaban J connectivity index is 2.12. The Kier molecular flexibility index (Phi) is 5.54. The van der Waals surface area contributed by atoms with Crippen LogP contribution in [0.25, 0.3) is 0 Å². The number of esters is 1. The van der Waals surface area contributed by atoms with Crippen LogP contribution in [0.2, 0.25) is 0 Å². The molecule has 0 saturated carbocycles. The number of aryl methyl sites for hydroxylation is 1. The van der Waals surface area contributed by atoms with Gasteiger partial charge in [0, 0.05) is 12.0 Å². The Hall–Kier alpha value is -1.90. The molecule has 0 saturated heterocycles. The third-order valence-corrected chi connectivity index (χ3v) is 3.47. The molecule has 0 fully saturated rings. The van der Waals surface area contributed by atoms with Crippen molar-refractivity contribution in [2.75, 3.05) is 6.61 Å². The van der Waals surface area contributed by atoms with E-state index in [4.69, 9.17) is 4.74 Å². The lowest BCUT2D eigenvalue weighted by Gasteiger charge is -2.08. The fourth-order valence-corrected chi connectivity index (χ4v) is 2.38. The Labute approximate surface area is 119 Å². The molecule has 0 N–H and O–H groups in total. The Morgan fingerprint density at radius 1 is 0.900 bits per heavy atom. The molecule has 0 unspecified atom stereocenters. The maximum absolute atomic E-state index is 12.1. The minimum absolute atomic E-state index is 0.0197. The van der Waals surface area contributed by atoms with E-state index in [-0.39, 0.29) is 18.4 Å². The maximum atomic E-state index is 12.1. The molecular formula is C17H20O3. The lowest BCUT2D eigenvalue weighted by molar-refractivity contribution is -0.142. The number of hydrogen-bond donors (Lipinski definition) is 0. The number of hydrogen-bond acceptors (Lipinski definition) is 3. The molecule has 1 aliphatic rings. The first-order chi connectivity index (χ1) is 9.77. The molecule has 20 heavy (non-hydrogen) atoms. The summed E-state index contributed by atoms with van der Waals surface area (Å²) in [6, 6.07) is 7.74. The summed E-state index contributed by atoms with van der Waals surface area (Å²) in [6.45, 7) is 0.173. The van der Waals surface area contributed by atoms with Gasteiger partial charge in [0.25, 0.3) is 0 Å². The Bertz CT molecular complexity index is 503. The highest BCUT2D eigenvalue weighted by Gasteiger charge is 2.09. The summed E-state index contributed by atoms with van der Waals surface area (Å²) in [5.74, 6) is -0.201. The van der Waals surface area contributed by atoms with Crippen LogP contribution in [-0.2, 0) is 16.0 Å². The van der Waals surface area contributed by atoms with Crippen molar-refractivity contribution in [2.45, 2.75) is 38.5 Å². The first-order valence-electron chi connectivity index (χ1n) is 7.22. The van der Waals surface area contributed by atoms with Gasteiger partial charge in [-0.05, 0) is 37.0 Å². The summed E-state index contributed by atoms with van der Waals surface area (Å²) in [4.78, 5) is 23.5. The van der Waals surface area contributed by atoms with E-state index in [0.717, 1.165) is 43.2 Å². The minimum Gasteiger partial charge on any atom is -0.461 e. The number of cyclic esters (lactones) is 1. The molecule has 0 bridgehead atoms. The normalized spacial score (nSPS) is 19.6. The quantitative estimate of drug-likeness (QED) is 0.679. The number of ketones is 1. The molecule has 106 valence electrons. The highest BCUT2D eigenvalue weighted by atomic mass is 16.5. The van der Waals surface area contributed by atoms with Crippen LogP contribution in [0.1, 0.15) is 48.0 Å².